The first-order chi connectivity index (χ1) is 13.6. The highest BCUT2D eigenvalue weighted by Gasteiger charge is 2.51. The van der Waals surface area contributed by atoms with Gasteiger partial charge in [0.15, 0.2) is 5.76 Å². The van der Waals surface area contributed by atoms with E-state index in [-0.39, 0.29) is 6.61 Å². The molecule has 1 unspecified atom stereocenters. The van der Waals surface area contributed by atoms with Crippen LogP contribution in [0.3, 0.4) is 0 Å². The van der Waals surface area contributed by atoms with Crippen LogP contribution < -0.4 is 0 Å². The van der Waals surface area contributed by atoms with E-state index < -0.39 is 36.2 Å². The molecule has 2 atom stereocenters. The molecule has 1 aliphatic heterocycles. The predicted octanol–water partition coefficient (Wildman–Crippen LogP) is 4.22. The van der Waals surface area contributed by atoms with E-state index in [2.05, 4.69) is 5.16 Å². The molecule has 29 heavy (non-hydrogen) atoms. The van der Waals surface area contributed by atoms with E-state index >= 15 is 0 Å². The molecule has 0 radical (unpaired) electrons. The van der Waals surface area contributed by atoms with E-state index in [1.165, 1.54) is 4.90 Å². The Morgan fingerprint density at radius 2 is 1.97 bits per heavy atom. The molecule has 1 saturated heterocycles. The Labute approximate surface area is 169 Å². The van der Waals surface area contributed by atoms with Gasteiger partial charge >= 0.3 is 6.09 Å². The number of halogens is 1. The molecular formula is C21H27FN2O5. The number of carbonyl (C=O) groups is 1. The van der Waals surface area contributed by atoms with E-state index in [0.717, 1.165) is 11.1 Å². The fourth-order valence-corrected chi connectivity index (χ4v) is 3.45. The van der Waals surface area contributed by atoms with Crippen molar-refractivity contribution in [3.63, 3.8) is 0 Å². The van der Waals surface area contributed by atoms with Crippen LogP contribution in [-0.4, -0.2) is 45.3 Å². The van der Waals surface area contributed by atoms with Gasteiger partial charge < -0.3 is 19.1 Å². The molecule has 2 heterocycles. The average Bonchev–Trinajstić information content (AvgIpc) is 3.22. The van der Waals surface area contributed by atoms with Crippen LogP contribution in [0.4, 0.5) is 9.18 Å². The molecule has 2 aromatic rings. The van der Waals surface area contributed by atoms with Crippen molar-refractivity contribution in [1.29, 1.82) is 0 Å². The summed E-state index contributed by atoms with van der Waals surface area (Å²) in [7, 11) is 0. The van der Waals surface area contributed by atoms with E-state index in [1.54, 1.807) is 65.0 Å². The van der Waals surface area contributed by atoms with Gasteiger partial charge in [-0.15, -0.1) is 0 Å². The summed E-state index contributed by atoms with van der Waals surface area (Å²) in [6.45, 7) is 7.77. The Hall–Kier alpha value is -2.45. The van der Waals surface area contributed by atoms with E-state index in [9.17, 15) is 9.18 Å². The lowest BCUT2D eigenvalue weighted by atomic mass is 10.0. The van der Waals surface area contributed by atoms with Crippen LogP contribution in [0.1, 0.15) is 52.0 Å². The zero-order valence-electron chi connectivity index (χ0n) is 17.3. The van der Waals surface area contributed by atoms with Crippen LogP contribution >= 0.6 is 0 Å². The van der Waals surface area contributed by atoms with Gasteiger partial charge in [-0.2, -0.15) is 0 Å². The minimum atomic E-state index is -1.02. The summed E-state index contributed by atoms with van der Waals surface area (Å²) in [5.41, 5.74) is 0.216. The van der Waals surface area contributed by atoms with Gasteiger partial charge in [-0.1, -0.05) is 29.4 Å². The number of carbonyl (C=O) groups excluding carboxylic acids is 1. The van der Waals surface area contributed by atoms with Crippen molar-refractivity contribution < 1.29 is 28.3 Å². The molecule has 8 heteroatoms. The molecule has 1 fully saturated rings. The number of aliphatic hydroxyl groups excluding tert-OH is 1. The van der Waals surface area contributed by atoms with Crippen molar-refractivity contribution in [2.24, 2.45) is 0 Å². The zero-order valence-corrected chi connectivity index (χ0v) is 17.3. The standard InChI is InChI=1S/C21H27FN2O5/c1-20(2,3)28-19(26)24-16(11-22)18(27-21(24,4)5)14-8-6-13(7-9-14)17-10-15(12-25)23-29-17/h6-10,16,18,25H,11-12H2,1-5H3/t16?,18-/m1/s1. The number of alkyl halides is 1. The number of aromatic nitrogens is 1. The lowest BCUT2D eigenvalue weighted by Crippen LogP contribution is -2.50. The Balaban J connectivity index is 1.85. The molecule has 158 valence electrons. The molecule has 1 aromatic heterocycles. The molecule has 1 aliphatic rings. The highest BCUT2D eigenvalue weighted by atomic mass is 19.1. The van der Waals surface area contributed by atoms with Crippen molar-refractivity contribution in [2.75, 3.05) is 6.67 Å². The van der Waals surface area contributed by atoms with Crippen molar-refractivity contribution in [3.05, 3.63) is 41.6 Å². The fourth-order valence-electron chi connectivity index (χ4n) is 3.45. The first kappa shape index (κ1) is 21.3. The second-order valence-electron chi connectivity index (χ2n) is 8.52. The minimum absolute atomic E-state index is 0.203. The van der Waals surface area contributed by atoms with Crippen LogP contribution in [0, 0.1) is 0 Å². The molecule has 1 N–H and O–H groups in total. The molecular weight excluding hydrogens is 379 g/mol. The molecule has 0 bridgehead atoms. The number of amides is 1. The van der Waals surface area contributed by atoms with E-state index in [4.69, 9.17) is 19.1 Å². The highest BCUT2D eigenvalue weighted by molar-refractivity contribution is 5.70. The number of ether oxygens (including phenoxy) is 2. The van der Waals surface area contributed by atoms with Crippen LogP contribution in [-0.2, 0) is 16.1 Å². The Morgan fingerprint density at radius 3 is 2.48 bits per heavy atom. The van der Waals surface area contributed by atoms with Crippen molar-refractivity contribution >= 4 is 6.09 Å². The van der Waals surface area contributed by atoms with Crippen molar-refractivity contribution in [3.8, 4) is 11.3 Å². The quantitative estimate of drug-likeness (QED) is 0.818. The molecule has 0 spiro atoms. The maximum atomic E-state index is 14.0. The Morgan fingerprint density at radius 1 is 1.31 bits per heavy atom. The van der Waals surface area contributed by atoms with Crippen LogP contribution in [0.5, 0.6) is 0 Å². The van der Waals surface area contributed by atoms with Crippen LogP contribution in [0.15, 0.2) is 34.9 Å². The molecule has 1 aromatic carbocycles. The Bertz CT molecular complexity index is 857. The van der Waals surface area contributed by atoms with Gasteiger partial charge in [-0.25, -0.2) is 9.18 Å². The maximum absolute atomic E-state index is 14.0. The molecule has 0 saturated carbocycles. The summed E-state index contributed by atoms with van der Waals surface area (Å²) in [6.07, 6.45) is -1.25. The monoisotopic (exact) mass is 406 g/mol. The minimum Gasteiger partial charge on any atom is -0.444 e. The van der Waals surface area contributed by atoms with Gasteiger partial charge in [0.1, 0.15) is 29.8 Å². The summed E-state index contributed by atoms with van der Waals surface area (Å²) in [6, 6.07) is 8.06. The normalized spacial score (nSPS) is 21.4. The van der Waals surface area contributed by atoms with E-state index in [1.807, 2.05) is 0 Å². The van der Waals surface area contributed by atoms with Crippen molar-refractivity contribution in [1.82, 2.24) is 10.1 Å². The first-order valence-electron chi connectivity index (χ1n) is 9.48. The van der Waals surface area contributed by atoms with Gasteiger partial charge in [-0.3, -0.25) is 4.90 Å². The fraction of sp³-hybridized carbons (Fsp3) is 0.524. The molecule has 0 aliphatic carbocycles. The SMILES string of the molecule is CC(C)(C)OC(=O)N1C(CF)[C@@H](c2ccc(-c3cc(CO)no3)cc2)OC1(C)C. The number of aliphatic hydroxyl groups is 1. The topological polar surface area (TPSA) is 85.0 Å². The van der Waals surface area contributed by atoms with Crippen LogP contribution in [0.25, 0.3) is 11.3 Å². The third-order valence-corrected chi connectivity index (χ3v) is 4.67. The zero-order chi connectivity index (χ0) is 21.4. The highest BCUT2D eigenvalue weighted by Crippen LogP contribution is 2.42. The van der Waals surface area contributed by atoms with Gasteiger partial charge in [0.25, 0.3) is 0 Å². The summed E-state index contributed by atoms with van der Waals surface area (Å²) < 4.78 is 30.8. The average molecular weight is 406 g/mol. The largest absolute Gasteiger partial charge is 0.444 e. The predicted molar refractivity (Wildman–Crippen MR) is 104 cm³/mol. The van der Waals surface area contributed by atoms with Crippen molar-refractivity contribution in [2.45, 2.75) is 64.7 Å². The second kappa shape index (κ2) is 7.76. The second-order valence-corrected chi connectivity index (χ2v) is 8.52. The van der Waals surface area contributed by atoms with Gasteiger partial charge in [0.05, 0.1) is 12.6 Å². The lowest BCUT2D eigenvalue weighted by molar-refractivity contribution is -0.0797. The third kappa shape index (κ3) is 4.43. The first-order valence-corrected chi connectivity index (χ1v) is 9.48. The van der Waals surface area contributed by atoms with Gasteiger partial charge in [-0.05, 0) is 40.2 Å². The van der Waals surface area contributed by atoms with Crippen LogP contribution in [0.2, 0.25) is 0 Å². The summed E-state index contributed by atoms with van der Waals surface area (Å²) in [5.74, 6) is 0.519. The number of rotatable bonds is 4. The molecule has 7 nitrogen and oxygen atoms in total. The summed E-state index contributed by atoms with van der Waals surface area (Å²) in [4.78, 5) is 14.0. The molecule has 3 rings (SSSR count). The number of hydrogen-bond acceptors (Lipinski definition) is 6. The summed E-state index contributed by atoms with van der Waals surface area (Å²) in [5, 5.41) is 12.9. The number of nitrogens with zero attached hydrogens (tertiary/aromatic N) is 2. The number of hydrogen-bond donors (Lipinski definition) is 1. The van der Waals surface area contributed by atoms with Gasteiger partial charge in [0, 0.05) is 11.6 Å². The summed E-state index contributed by atoms with van der Waals surface area (Å²) >= 11 is 0. The smallest absolute Gasteiger partial charge is 0.413 e. The third-order valence-electron chi connectivity index (χ3n) is 4.67. The number of benzene rings is 1. The lowest BCUT2D eigenvalue weighted by Gasteiger charge is -2.34. The molecule has 1 amide bonds. The van der Waals surface area contributed by atoms with Gasteiger partial charge in [0.2, 0.25) is 0 Å². The Kier molecular flexibility index (Phi) is 5.69. The van der Waals surface area contributed by atoms with E-state index in [0.29, 0.717) is 11.5 Å². The maximum Gasteiger partial charge on any atom is 0.413 e.